The summed E-state index contributed by atoms with van der Waals surface area (Å²) in [6.45, 7) is 2.77. The van der Waals surface area contributed by atoms with Gasteiger partial charge in [-0.25, -0.2) is 0 Å². The zero-order valence-corrected chi connectivity index (χ0v) is 17.2. The summed E-state index contributed by atoms with van der Waals surface area (Å²) >= 11 is 7.66. The lowest BCUT2D eigenvalue weighted by molar-refractivity contribution is -0.129. The van der Waals surface area contributed by atoms with Crippen LogP contribution in [0.1, 0.15) is 30.0 Å². The predicted octanol–water partition coefficient (Wildman–Crippen LogP) is 4.68. The maximum atomic E-state index is 12.9. The van der Waals surface area contributed by atoms with Crippen molar-refractivity contribution in [1.29, 1.82) is 0 Å². The molecule has 1 amide bonds. The molecule has 3 aromatic rings. The van der Waals surface area contributed by atoms with Crippen molar-refractivity contribution in [2.75, 3.05) is 12.3 Å². The van der Waals surface area contributed by atoms with E-state index in [1.165, 1.54) is 17.3 Å². The van der Waals surface area contributed by atoms with Gasteiger partial charge >= 0.3 is 0 Å². The molecule has 2 aromatic carbocycles. The zero-order chi connectivity index (χ0) is 19.5. The first kappa shape index (κ1) is 19.0. The molecular weight excluding hydrogens is 392 g/mol. The van der Waals surface area contributed by atoms with Gasteiger partial charge in [0.1, 0.15) is 6.33 Å². The standard InChI is InChI=1S/C21H21ClN4OS/c1-15-9-10-17(12-18(15)22)26-14-23-24-21(26)28-13-20(27)25-11-5-8-19(25)16-6-3-2-4-7-16/h2-4,6-7,9-10,12,14,19H,5,8,11,13H2,1H3. The molecule has 0 bridgehead atoms. The average Bonchev–Trinajstić information content (AvgIpc) is 3.38. The smallest absolute Gasteiger partial charge is 0.233 e. The Bertz CT molecular complexity index is 976. The average molecular weight is 413 g/mol. The fraction of sp³-hybridized carbons (Fsp3) is 0.286. The summed E-state index contributed by atoms with van der Waals surface area (Å²) < 4.78 is 1.86. The molecule has 0 aliphatic carbocycles. The second-order valence-corrected chi connectivity index (χ2v) is 8.21. The van der Waals surface area contributed by atoms with E-state index in [9.17, 15) is 4.79 Å². The van der Waals surface area contributed by atoms with Crippen molar-refractivity contribution in [2.45, 2.75) is 31.0 Å². The van der Waals surface area contributed by atoms with Crippen molar-refractivity contribution in [2.24, 2.45) is 0 Å². The number of aryl methyl sites for hydroxylation is 1. The molecular formula is C21H21ClN4OS. The van der Waals surface area contributed by atoms with Gasteiger partial charge in [0.05, 0.1) is 17.5 Å². The van der Waals surface area contributed by atoms with Gasteiger partial charge in [-0.2, -0.15) is 0 Å². The van der Waals surface area contributed by atoms with E-state index < -0.39 is 0 Å². The molecule has 5 nitrogen and oxygen atoms in total. The Morgan fingerprint density at radius 1 is 1.25 bits per heavy atom. The summed E-state index contributed by atoms with van der Waals surface area (Å²) in [6.07, 6.45) is 3.70. The number of rotatable bonds is 5. The number of likely N-dealkylation sites (tertiary alicyclic amines) is 1. The molecule has 4 rings (SSSR count). The lowest BCUT2D eigenvalue weighted by atomic mass is 10.0. The van der Waals surface area contributed by atoms with Crippen LogP contribution in [-0.4, -0.2) is 37.9 Å². The first-order chi connectivity index (χ1) is 13.6. The van der Waals surface area contributed by atoms with E-state index in [1.807, 2.05) is 52.8 Å². The van der Waals surface area contributed by atoms with Gasteiger partial charge in [-0.15, -0.1) is 10.2 Å². The molecule has 28 heavy (non-hydrogen) atoms. The van der Waals surface area contributed by atoms with Crippen LogP contribution in [0.25, 0.3) is 5.69 Å². The predicted molar refractivity (Wildman–Crippen MR) is 112 cm³/mol. The van der Waals surface area contributed by atoms with Gasteiger partial charge in [-0.1, -0.05) is 59.8 Å². The molecule has 1 aliphatic heterocycles. The number of carbonyl (C=O) groups is 1. The summed E-state index contributed by atoms with van der Waals surface area (Å²) in [6, 6.07) is 16.3. The Morgan fingerprint density at radius 2 is 2.07 bits per heavy atom. The number of carbonyl (C=O) groups excluding carboxylic acids is 1. The van der Waals surface area contributed by atoms with E-state index in [2.05, 4.69) is 22.3 Å². The van der Waals surface area contributed by atoms with Crippen LogP contribution in [0.3, 0.4) is 0 Å². The van der Waals surface area contributed by atoms with Gasteiger partial charge in [0.25, 0.3) is 0 Å². The molecule has 1 aromatic heterocycles. The second kappa shape index (κ2) is 8.37. The van der Waals surface area contributed by atoms with E-state index in [-0.39, 0.29) is 11.9 Å². The number of halogens is 1. The first-order valence-electron chi connectivity index (χ1n) is 9.27. The molecule has 7 heteroatoms. The number of benzene rings is 2. The Labute approximate surface area is 173 Å². The van der Waals surface area contributed by atoms with Crippen molar-refractivity contribution >= 4 is 29.3 Å². The van der Waals surface area contributed by atoms with E-state index in [4.69, 9.17) is 11.6 Å². The van der Waals surface area contributed by atoms with Crippen LogP contribution in [0.15, 0.2) is 60.0 Å². The second-order valence-electron chi connectivity index (χ2n) is 6.86. The van der Waals surface area contributed by atoms with Crippen LogP contribution in [0.4, 0.5) is 0 Å². The topological polar surface area (TPSA) is 51.0 Å². The van der Waals surface area contributed by atoms with Crippen LogP contribution in [0.2, 0.25) is 5.02 Å². The molecule has 0 N–H and O–H groups in total. The lowest BCUT2D eigenvalue weighted by Crippen LogP contribution is -2.32. The summed E-state index contributed by atoms with van der Waals surface area (Å²) in [7, 11) is 0. The molecule has 0 spiro atoms. The highest BCUT2D eigenvalue weighted by atomic mass is 35.5. The molecule has 0 saturated carbocycles. The largest absolute Gasteiger partial charge is 0.335 e. The fourth-order valence-electron chi connectivity index (χ4n) is 3.53. The Kier molecular flexibility index (Phi) is 5.69. The van der Waals surface area contributed by atoms with Gasteiger partial charge in [0.15, 0.2) is 5.16 Å². The molecule has 1 unspecified atom stereocenters. The quantitative estimate of drug-likeness (QED) is 0.570. The molecule has 1 aliphatic rings. The van der Waals surface area contributed by atoms with Crippen LogP contribution in [0, 0.1) is 6.92 Å². The third kappa shape index (κ3) is 3.93. The minimum Gasteiger partial charge on any atom is -0.335 e. The van der Waals surface area contributed by atoms with Gasteiger partial charge in [0.2, 0.25) is 5.91 Å². The Morgan fingerprint density at radius 3 is 2.86 bits per heavy atom. The van der Waals surface area contributed by atoms with E-state index >= 15 is 0 Å². The highest BCUT2D eigenvalue weighted by Gasteiger charge is 2.29. The summed E-state index contributed by atoms with van der Waals surface area (Å²) in [5, 5.41) is 9.57. The SMILES string of the molecule is Cc1ccc(-n2cnnc2SCC(=O)N2CCCC2c2ccccc2)cc1Cl. The Balaban J connectivity index is 1.46. The first-order valence-corrected chi connectivity index (χ1v) is 10.6. The summed E-state index contributed by atoms with van der Waals surface area (Å²) in [5.74, 6) is 0.467. The number of thioether (sulfide) groups is 1. The fourth-order valence-corrected chi connectivity index (χ4v) is 4.52. The van der Waals surface area contributed by atoms with Gasteiger partial charge in [-0.3, -0.25) is 9.36 Å². The van der Waals surface area contributed by atoms with Gasteiger partial charge in [-0.05, 0) is 43.0 Å². The van der Waals surface area contributed by atoms with Crippen LogP contribution >= 0.6 is 23.4 Å². The number of hydrogen-bond donors (Lipinski definition) is 0. The molecule has 1 saturated heterocycles. The van der Waals surface area contributed by atoms with Crippen molar-refractivity contribution in [1.82, 2.24) is 19.7 Å². The summed E-state index contributed by atoms with van der Waals surface area (Å²) in [4.78, 5) is 14.9. The number of aromatic nitrogens is 3. The third-order valence-electron chi connectivity index (χ3n) is 5.03. The van der Waals surface area contributed by atoms with Gasteiger partial charge in [0, 0.05) is 11.6 Å². The highest BCUT2D eigenvalue weighted by molar-refractivity contribution is 7.99. The third-order valence-corrected chi connectivity index (χ3v) is 6.37. The van der Waals surface area contributed by atoms with Crippen molar-refractivity contribution in [3.05, 3.63) is 71.0 Å². The maximum Gasteiger partial charge on any atom is 0.233 e. The molecule has 144 valence electrons. The summed E-state index contributed by atoms with van der Waals surface area (Å²) in [5.41, 5.74) is 3.11. The minimum atomic E-state index is 0.132. The monoisotopic (exact) mass is 412 g/mol. The minimum absolute atomic E-state index is 0.132. The van der Waals surface area contributed by atoms with Crippen molar-refractivity contribution < 1.29 is 4.79 Å². The van der Waals surface area contributed by atoms with Crippen molar-refractivity contribution in [3.63, 3.8) is 0 Å². The van der Waals surface area contributed by atoms with Gasteiger partial charge < -0.3 is 4.90 Å². The maximum absolute atomic E-state index is 12.9. The van der Waals surface area contributed by atoms with E-state index in [0.29, 0.717) is 15.9 Å². The number of nitrogens with zero attached hydrogens (tertiary/aromatic N) is 4. The highest BCUT2D eigenvalue weighted by Crippen LogP contribution is 2.33. The molecule has 1 fully saturated rings. The van der Waals surface area contributed by atoms with E-state index in [1.54, 1.807) is 6.33 Å². The van der Waals surface area contributed by atoms with Crippen LogP contribution in [0.5, 0.6) is 0 Å². The van der Waals surface area contributed by atoms with Crippen molar-refractivity contribution in [3.8, 4) is 5.69 Å². The molecule has 0 radical (unpaired) electrons. The molecule has 2 heterocycles. The normalized spacial score (nSPS) is 16.5. The molecule has 1 atom stereocenters. The Hall–Kier alpha value is -2.31. The number of hydrogen-bond acceptors (Lipinski definition) is 4. The van der Waals surface area contributed by atoms with Crippen LogP contribution < -0.4 is 0 Å². The number of amides is 1. The van der Waals surface area contributed by atoms with Crippen LogP contribution in [-0.2, 0) is 4.79 Å². The zero-order valence-electron chi connectivity index (χ0n) is 15.6. The lowest BCUT2D eigenvalue weighted by Gasteiger charge is -2.25. The van der Waals surface area contributed by atoms with E-state index in [0.717, 1.165) is 30.6 Å².